The highest BCUT2D eigenvalue weighted by atomic mass is 16.3. The van der Waals surface area contributed by atoms with Crippen LogP contribution >= 0.6 is 0 Å². The fourth-order valence-electron chi connectivity index (χ4n) is 4.65. The molecule has 32 heavy (non-hydrogen) atoms. The lowest BCUT2D eigenvalue weighted by Crippen LogP contribution is -1.92. The van der Waals surface area contributed by atoms with Gasteiger partial charge in [-0.05, 0) is 76.7 Å². The van der Waals surface area contributed by atoms with Crippen molar-refractivity contribution in [2.45, 2.75) is 33.4 Å². The normalized spacial score (nSPS) is 16.4. The lowest BCUT2D eigenvalue weighted by Gasteiger charge is -2.11. The minimum absolute atomic E-state index is 0.265. The second kappa shape index (κ2) is 6.93. The van der Waals surface area contributed by atoms with Gasteiger partial charge < -0.3 is 4.42 Å². The quantitative estimate of drug-likeness (QED) is 0.261. The summed E-state index contributed by atoms with van der Waals surface area (Å²) >= 11 is 0. The molecule has 2 aromatic heterocycles. The summed E-state index contributed by atoms with van der Waals surface area (Å²) in [6.07, 6.45) is 1.13. The molecule has 0 saturated heterocycles. The summed E-state index contributed by atoms with van der Waals surface area (Å²) in [5, 5.41) is 5.79. The Bertz CT molecular complexity index is 1930. The number of fused-ring (bicyclic) bond motifs is 7. The van der Waals surface area contributed by atoms with Gasteiger partial charge in [0.15, 0.2) is 0 Å². The van der Waals surface area contributed by atoms with Crippen molar-refractivity contribution in [1.29, 1.82) is 0 Å². The molecule has 156 valence electrons. The topological polar surface area (TPSA) is 26.0 Å². The average Bonchev–Trinajstić information content (AvgIpc) is 3.26. The Hall–Kier alpha value is -3.65. The number of furan rings is 1. The molecule has 6 rings (SSSR count). The van der Waals surface area contributed by atoms with Crippen molar-refractivity contribution in [2.75, 3.05) is 0 Å². The van der Waals surface area contributed by atoms with Crippen molar-refractivity contribution >= 4 is 43.5 Å². The molecule has 0 aliphatic rings. The largest absolute Gasteiger partial charge is 0.455 e. The van der Waals surface area contributed by atoms with Crippen LogP contribution in [0.2, 0.25) is 0 Å². The zero-order chi connectivity index (χ0) is 27.9. The van der Waals surface area contributed by atoms with Crippen LogP contribution in [0.25, 0.3) is 54.7 Å². The molecule has 0 aliphatic heterocycles. The van der Waals surface area contributed by atoms with E-state index < -0.39 is 19.6 Å². The highest BCUT2D eigenvalue weighted by molar-refractivity contribution is 6.22. The van der Waals surface area contributed by atoms with Gasteiger partial charge in [0.1, 0.15) is 11.2 Å². The van der Waals surface area contributed by atoms with Gasteiger partial charge in [-0.3, -0.25) is 4.98 Å². The molecule has 0 bridgehead atoms. The van der Waals surface area contributed by atoms with E-state index in [-0.39, 0.29) is 11.1 Å². The molecule has 0 N–H and O–H groups in total. The Balaban J connectivity index is 1.72. The van der Waals surface area contributed by atoms with E-state index in [0.717, 1.165) is 44.1 Å². The van der Waals surface area contributed by atoms with Crippen molar-refractivity contribution in [3.05, 3.63) is 89.6 Å². The van der Waals surface area contributed by atoms with Gasteiger partial charge in [0.05, 0.1) is 5.69 Å². The molecular formula is C30H25NO. The number of pyridine rings is 1. The molecule has 6 aromatic rings. The van der Waals surface area contributed by atoms with Crippen LogP contribution in [0.5, 0.6) is 0 Å². The van der Waals surface area contributed by atoms with Crippen molar-refractivity contribution in [1.82, 2.24) is 4.98 Å². The Labute approximate surface area is 197 Å². The molecule has 2 heteroatoms. The molecule has 0 saturated carbocycles. The Kier molecular flexibility index (Phi) is 2.82. The first-order chi connectivity index (χ1) is 18.2. The molecular weight excluding hydrogens is 390 g/mol. The average molecular weight is 423 g/mol. The third-order valence-corrected chi connectivity index (χ3v) is 6.23. The number of aryl methyl sites for hydroxylation is 2. The van der Waals surface area contributed by atoms with E-state index in [9.17, 15) is 0 Å². The van der Waals surface area contributed by atoms with Crippen LogP contribution < -0.4 is 0 Å². The molecule has 2 heterocycles. The zero-order valence-electron chi connectivity index (χ0n) is 24.8. The highest BCUT2D eigenvalue weighted by Crippen LogP contribution is 2.43. The Morgan fingerprint density at radius 2 is 1.62 bits per heavy atom. The van der Waals surface area contributed by atoms with E-state index in [0.29, 0.717) is 22.4 Å². The maximum absolute atomic E-state index is 8.83. The molecule has 0 aliphatic carbocycles. The second-order valence-corrected chi connectivity index (χ2v) is 8.41. The number of nitrogens with zero attached hydrogens (tertiary/aromatic N) is 1. The van der Waals surface area contributed by atoms with Crippen LogP contribution in [0.1, 0.15) is 46.0 Å². The molecule has 0 spiro atoms. The fourth-order valence-corrected chi connectivity index (χ4v) is 4.65. The summed E-state index contributed by atoms with van der Waals surface area (Å²) in [5.74, 6) is -0.950. The van der Waals surface area contributed by atoms with Crippen LogP contribution in [0, 0.1) is 13.7 Å². The van der Waals surface area contributed by atoms with E-state index >= 15 is 0 Å². The van der Waals surface area contributed by atoms with Gasteiger partial charge in [0.25, 0.3) is 0 Å². The van der Waals surface area contributed by atoms with Crippen LogP contribution in [0.4, 0.5) is 0 Å². The lowest BCUT2D eigenvalue weighted by atomic mass is 9.93. The van der Waals surface area contributed by atoms with Crippen LogP contribution in [-0.4, -0.2) is 4.98 Å². The smallest absolute Gasteiger partial charge is 0.145 e. The van der Waals surface area contributed by atoms with Crippen molar-refractivity contribution in [2.24, 2.45) is 0 Å². The van der Waals surface area contributed by atoms with Gasteiger partial charge in [0, 0.05) is 37.5 Å². The standard InChI is InChI=1S/C30H25NO/c1-17(2)21-11-13-25(27-15-18(3)19(4)16-31-27)30-28(21)26-14-12-23-22-8-6-5-7-20(22)9-10-24(23)29(26)32-30/h5-17H,1-4H3/i3D3,4D3,17D. The fraction of sp³-hybridized carbons (Fsp3) is 0.167. The van der Waals surface area contributed by atoms with Gasteiger partial charge in [-0.1, -0.05) is 56.3 Å². The number of benzene rings is 4. The molecule has 0 amide bonds. The molecule has 0 unspecified atom stereocenters. The Morgan fingerprint density at radius 1 is 0.812 bits per heavy atom. The highest BCUT2D eigenvalue weighted by Gasteiger charge is 2.20. The van der Waals surface area contributed by atoms with Gasteiger partial charge >= 0.3 is 0 Å². The monoisotopic (exact) mass is 422 g/mol. The van der Waals surface area contributed by atoms with Crippen LogP contribution in [0.3, 0.4) is 0 Å². The third-order valence-electron chi connectivity index (χ3n) is 6.23. The Morgan fingerprint density at radius 3 is 2.47 bits per heavy atom. The van der Waals surface area contributed by atoms with E-state index in [1.54, 1.807) is 6.07 Å². The van der Waals surface area contributed by atoms with Gasteiger partial charge in [-0.15, -0.1) is 0 Å². The molecule has 0 fully saturated rings. The number of rotatable bonds is 2. The first kappa shape index (κ1) is 13.0. The summed E-state index contributed by atoms with van der Waals surface area (Å²) in [6, 6.07) is 21.2. The predicted octanol–water partition coefficient (Wildman–Crippen LogP) is 8.69. The van der Waals surface area contributed by atoms with E-state index in [1.807, 2.05) is 44.2 Å². The lowest BCUT2D eigenvalue weighted by molar-refractivity contribution is 0.673. The molecule has 0 radical (unpaired) electrons. The molecule has 2 nitrogen and oxygen atoms in total. The van der Waals surface area contributed by atoms with Gasteiger partial charge in [-0.25, -0.2) is 0 Å². The van der Waals surface area contributed by atoms with Crippen molar-refractivity contribution in [3.63, 3.8) is 0 Å². The molecule has 0 atom stereocenters. The van der Waals surface area contributed by atoms with Gasteiger partial charge in [-0.2, -0.15) is 0 Å². The summed E-state index contributed by atoms with van der Waals surface area (Å²) < 4.78 is 62.8. The van der Waals surface area contributed by atoms with Crippen LogP contribution in [0.15, 0.2) is 77.3 Å². The summed E-state index contributed by atoms with van der Waals surface area (Å²) in [7, 11) is 0. The predicted molar refractivity (Wildman–Crippen MR) is 136 cm³/mol. The number of hydrogen-bond donors (Lipinski definition) is 0. The van der Waals surface area contributed by atoms with E-state index in [2.05, 4.69) is 29.2 Å². The first-order valence-electron chi connectivity index (χ1n) is 14.1. The summed E-state index contributed by atoms with van der Waals surface area (Å²) in [6.45, 7) is -1.64. The van der Waals surface area contributed by atoms with Crippen LogP contribution in [-0.2, 0) is 0 Å². The van der Waals surface area contributed by atoms with Gasteiger partial charge in [0.2, 0.25) is 0 Å². The number of hydrogen-bond acceptors (Lipinski definition) is 2. The maximum atomic E-state index is 8.83. The minimum Gasteiger partial charge on any atom is -0.455 e. The van der Waals surface area contributed by atoms with E-state index in [4.69, 9.17) is 14.0 Å². The zero-order valence-corrected chi connectivity index (χ0v) is 17.8. The first-order valence-corrected chi connectivity index (χ1v) is 10.6. The number of aromatic nitrogens is 1. The van der Waals surface area contributed by atoms with E-state index in [1.165, 1.54) is 6.07 Å². The molecule has 4 aromatic carbocycles. The maximum Gasteiger partial charge on any atom is 0.145 e. The SMILES string of the molecule is [2H]C([2H])([2H])c1cnc(-c2ccc(C([2H])(C)C)c3c2oc2c4ccc5ccccc5c4ccc23)cc1C([2H])([2H])[2H]. The third kappa shape index (κ3) is 2.69. The van der Waals surface area contributed by atoms with Crippen molar-refractivity contribution < 1.29 is 14.0 Å². The van der Waals surface area contributed by atoms with Crippen molar-refractivity contribution in [3.8, 4) is 11.3 Å². The second-order valence-electron chi connectivity index (χ2n) is 8.41. The summed E-state index contributed by atoms with van der Waals surface area (Å²) in [4.78, 5) is 4.39. The minimum atomic E-state index is -2.64. The summed E-state index contributed by atoms with van der Waals surface area (Å²) in [5.41, 5.74) is 2.17.